The third-order valence-corrected chi connectivity index (χ3v) is 6.39. The van der Waals surface area contributed by atoms with Gasteiger partial charge in [-0.25, -0.2) is 12.7 Å². The third-order valence-electron chi connectivity index (χ3n) is 4.56. The van der Waals surface area contributed by atoms with Gasteiger partial charge in [-0.05, 0) is 37.1 Å². The molecule has 0 bridgehead atoms. The molecule has 0 atom stereocenters. The normalized spacial score (nSPS) is 14.6. The van der Waals surface area contributed by atoms with Gasteiger partial charge in [0.2, 0.25) is 21.8 Å². The van der Waals surface area contributed by atoms with Crippen LogP contribution in [0.5, 0.6) is 0 Å². The number of sulfonamides is 1. The first-order chi connectivity index (χ1) is 13.8. The van der Waals surface area contributed by atoms with Crippen LogP contribution in [-0.4, -0.2) is 73.4 Å². The Morgan fingerprint density at radius 2 is 1.97 bits per heavy atom. The monoisotopic (exact) mass is 421 g/mol. The minimum absolute atomic E-state index is 0.117. The number of hydrogen-bond acceptors (Lipinski definition) is 7. The summed E-state index contributed by atoms with van der Waals surface area (Å²) in [6.45, 7) is 1.77. The summed E-state index contributed by atoms with van der Waals surface area (Å²) in [6.07, 6.45) is 2.12. The molecule has 1 saturated heterocycles. The lowest BCUT2D eigenvalue weighted by atomic mass is 10.2. The first-order valence-electron chi connectivity index (χ1n) is 9.21. The Morgan fingerprint density at radius 1 is 1.24 bits per heavy atom. The molecule has 0 unspecified atom stereocenters. The molecule has 0 radical (unpaired) electrons. The van der Waals surface area contributed by atoms with Crippen LogP contribution >= 0.6 is 0 Å². The molecule has 1 aromatic carbocycles. The van der Waals surface area contributed by atoms with E-state index in [1.807, 2.05) is 0 Å². The molecule has 0 saturated carbocycles. The first-order valence-corrected chi connectivity index (χ1v) is 10.7. The third kappa shape index (κ3) is 4.80. The number of rotatable bonds is 8. The highest BCUT2D eigenvalue weighted by molar-refractivity contribution is 7.89. The Labute approximate surface area is 168 Å². The molecule has 2 heterocycles. The summed E-state index contributed by atoms with van der Waals surface area (Å²) in [5.41, 5.74) is 0.502. The molecular formula is C18H23N5O5S. The summed E-state index contributed by atoms with van der Waals surface area (Å²) < 4.78 is 30.7. The van der Waals surface area contributed by atoms with Crippen LogP contribution in [0, 0.1) is 0 Å². The number of benzene rings is 1. The number of aromatic nitrogens is 2. The maximum Gasteiger partial charge on any atom is 0.308 e. The van der Waals surface area contributed by atoms with Gasteiger partial charge < -0.3 is 14.6 Å². The molecule has 1 aliphatic heterocycles. The summed E-state index contributed by atoms with van der Waals surface area (Å²) in [5, 5.41) is 10.3. The van der Waals surface area contributed by atoms with E-state index in [0.717, 1.165) is 17.3 Å². The van der Waals surface area contributed by atoms with Gasteiger partial charge in [-0.15, -0.1) is 10.2 Å². The van der Waals surface area contributed by atoms with Crippen molar-refractivity contribution in [2.45, 2.75) is 24.2 Å². The number of nitrogens with zero attached hydrogens (tertiary/aromatic N) is 4. The van der Waals surface area contributed by atoms with E-state index in [1.165, 1.54) is 26.2 Å². The van der Waals surface area contributed by atoms with Crippen LogP contribution in [0.2, 0.25) is 0 Å². The molecule has 1 aromatic heterocycles. The Bertz CT molecular complexity index is 984. The van der Waals surface area contributed by atoms with E-state index < -0.39 is 15.9 Å². The summed E-state index contributed by atoms with van der Waals surface area (Å²) in [7, 11) is -0.622. The molecule has 1 aliphatic rings. The highest BCUT2D eigenvalue weighted by Gasteiger charge is 2.21. The second kappa shape index (κ2) is 8.70. The first kappa shape index (κ1) is 20.9. The van der Waals surface area contributed by atoms with Crippen molar-refractivity contribution in [1.82, 2.24) is 24.7 Å². The van der Waals surface area contributed by atoms with Crippen LogP contribution < -0.4 is 5.32 Å². The van der Waals surface area contributed by atoms with Gasteiger partial charge in [0.05, 0.1) is 4.90 Å². The van der Waals surface area contributed by atoms with E-state index in [2.05, 4.69) is 15.5 Å². The zero-order valence-corrected chi connectivity index (χ0v) is 17.1. The van der Waals surface area contributed by atoms with Gasteiger partial charge in [-0.2, -0.15) is 0 Å². The number of carbonyl (C=O) groups is 2. The largest absolute Gasteiger partial charge is 0.412 e. The van der Waals surface area contributed by atoms with Crippen LogP contribution in [0.1, 0.15) is 29.9 Å². The van der Waals surface area contributed by atoms with E-state index in [0.29, 0.717) is 31.5 Å². The van der Waals surface area contributed by atoms with Crippen molar-refractivity contribution in [3.05, 3.63) is 30.2 Å². The van der Waals surface area contributed by atoms with Crippen molar-refractivity contribution in [3.63, 3.8) is 0 Å². The molecule has 2 aromatic rings. The van der Waals surface area contributed by atoms with Gasteiger partial charge in [0, 0.05) is 45.7 Å². The molecule has 11 heteroatoms. The maximum absolute atomic E-state index is 12.1. The maximum atomic E-state index is 12.1. The zero-order chi connectivity index (χ0) is 21.0. The van der Waals surface area contributed by atoms with Crippen molar-refractivity contribution in [2.24, 2.45) is 0 Å². The summed E-state index contributed by atoms with van der Waals surface area (Å²) in [4.78, 5) is 25.6. The fraction of sp³-hybridized carbons (Fsp3) is 0.444. The Hall–Kier alpha value is -2.79. The molecule has 3 rings (SSSR count). The summed E-state index contributed by atoms with van der Waals surface area (Å²) in [5.74, 6) is -0.403. The topological polar surface area (TPSA) is 126 Å². The molecule has 0 aliphatic carbocycles. The standard InChI is InChI=1S/C18H23N5O5S/c1-22(2)29(26,27)14-8-6-13(7-9-14)17-20-21-18(28-17)16(25)19-10-4-12-23-11-3-5-15(23)24/h6-9H,3-5,10-12H2,1-2H3,(H,19,25). The van der Waals surface area contributed by atoms with Crippen LogP contribution in [0.15, 0.2) is 33.6 Å². The Morgan fingerprint density at radius 3 is 2.59 bits per heavy atom. The second-order valence-corrected chi connectivity index (χ2v) is 8.97. The van der Waals surface area contributed by atoms with E-state index in [4.69, 9.17) is 4.42 Å². The van der Waals surface area contributed by atoms with Crippen molar-refractivity contribution < 1.29 is 22.4 Å². The van der Waals surface area contributed by atoms with E-state index in [-0.39, 0.29) is 22.6 Å². The van der Waals surface area contributed by atoms with Gasteiger partial charge in [0.25, 0.3) is 0 Å². The molecule has 2 amide bonds. The quantitative estimate of drug-likeness (QED) is 0.623. The van der Waals surface area contributed by atoms with Gasteiger partial charge in [0.1, 0.15) is 0 Å². The van der Waals surface area contributed by atoms with Crippen molar-refractivity contribution in [1.29, 1.82) is 0 Å². The Balaban J connectivity index is 1.55. The lowest BCUT2D eigenvalue weighted by molar-refractivity contribution is -0.127. The predicted octanol–water partition coefficient (Wildman–Crippen LogP) is 0.729. The average Bonchev–Trinajstić information content (AvgIpc) is 3.34. The molecule has 29 heavy (non-hydrogen) atoms. The van der Waals surface area contributed by atoms with Crippen molar-refractivity contribution in [2.75, 3.05) is 33.7 Å². The minimum Gasteiger partial charge on any atom is -0.412 e. The van der Waals surface area contributed by atoms with Crippen LogP contribution in [-0.2, 0) is 14.8 Å². The van der Waals surface area contributed by atoms with Crippen LogP contribution in [0.3, 0.4) is 0 Å². The highest BCUT2D eigenvalue weighted by atomic mass is 32.2. The zero-order valence-electron chi connectivity index (χ0n) is 16.3. The Kier molecular flexibility index (Phi) is 6.28. The number of amides is 2. The van der Waals surface area contributed by atoms with E-state index in [1.54, 1.807) is 17.0 Å². The fourth-order valence-corrected chi connectivity index (χ4v) is 3.80. The molecule has 156 valence electrons. The number of carbonyl (C=O) groups excluding carboxylic acids is 2. The number of likely N-dealkylation sites (tertiary alicyclic amines) is 1. The molecule has 10 nitrogen and oxygen atoms in total. The van der Waals surface area contributed by atoms with Crippen molar-refractivity contribution >= 4 is 21.8 Å². The summed E-state index contributed by atoms with van der Waals surface area (Å²) in [6, 6.07) is 5.96. The molecule has 1 fully saturated rings. The van der Waals surface area contributed by atoms with Crippen molar-refractivity contribution in [3.8, 4) is 11.5 Å². The lowest BCUT2D eigenvalue weighted by Crippen LogP contribution is -2.30. The van der Waals surface area contributed by atoms with Crippen LogP contribution in [0.4, 0.5) is 0 Å². The average molecular weight is 421 g/mol. The fourth-order valence-electron chi connectivity index (χ4n) is 2.90. The van der Waals surface area contributed by atoms with Gasteiger partial charge in [-0.1, -0.05) is 0 Å². The lowest BCUT2D eigenvalue weighted by Gasteiger charge is -2.14. The minimum atomic E-state index is -3.53. The van der Waals surface area contributed by atoms with E-state index >= 15 is 0 Å². The molecular weight excluding hydrogens is 398 g/mol. The second-order valence-electron chi connectivity index (χ2n) is 6.82. The van der Waals surface area contributed by atoms with Gasteiger partial charge in [0.15, 0.2) is 0 Å². The smallest absolute Gasteiger partial charge is 0.308 e. The summed E-state index contributed by atoms with van der Waals surface area (Å²) >= 11 is 0. The highest BCUT2D eigenvalue weighted by Crippen LogP contribution is 2.21. The number of hydrogen-bond donors (Lipinski definition) is 1. The predicted molar refractivity (Wildman–Crippen MR) is 103 cm³/mol. The van der Waals surface area contributed by atoms with E-state index in [9.17, 15) is 18.0 Å². The molecule has 0 spiro atoms. The van der Waals surface area contributed by atoms with Crippen LogP contribution in [0.25, 0.3) is 11.5 Å². The number of nitrogens with one attached hydrogen (secondary N) is 1. The van der Waals surface area contributed by atoms with Gasteiger partial charge >= 0.3 is 11.8 Å². The molecule has 1 N–H and O–H groups in total. The SMILES string of the molecule is CN(C)S(=O)(=O)c1ccc(-c2nnc(C(=O)NCCCN3CCCC3=O)o2)cc1. The van der Waals surface area contributed by atoms with Gasteiger partial charge in [-0.3, -0.25) is 9.59 Å².